The molecule has 3 rings (SSSR count). The zero-order chi connectivity index (χ0) is 14.0. The summed E-state index contributed by atoms with van der Waals surface area (Å²) < 4.78 is 0. The molecule has 3 aliphatic rings. The molecule has 0 aromatic rings. The SMILES string of the molecule is CCC1CCCCC1(CN)N1CCCC1C1CCCC1. The van der Waals surface area contributed by atoms with E-state index >= 15 is 0 Å². The number of rotatable bonds is 4. The van der Waals surface area contributed by atoms with E-state index in [2.05, 4.69) is 11.8 Å². The summed E-state index contributed by atoms with van der Waals surface area (Å²) in [6, 6.07) is 0.869. The molecule has 3 unspecified atom stereocenters. The first kappa shape index (κ1) is 14.8. The van der Waals surface area contributed by atoms with Crippen molar-refractivity contribution in [2.24, 2.45) is 17.6 Å². The van der Waals surface area contributed by atoms with Gasteiger partial charge in [-0.05, 0) is 56.9 Å². The maximum atomic E-state index is 6.40. The van der Waals surface area contributed by atoms with Crippen LogP contribution in [-0.4, -0.2) is 29.6 Å². The Morgan fingerprint density at radius 2 is 1.75 bits per heavy atom. The molecule has 0 amide bonds. The Hall–Kier alpha value is -0.0800. The molecular formula is C18H34N2. The topological polar surface area (TPSA) is 29.3 Å². The maximum Gasteiger partial charge on any atom is 0.0362 e. The van der Waals surface area contributed by atoms with Crippen molar-refractivity contribution in [2.75, 3.05) is 13.1 Å². The van der Waals surface area contributed by atoms with Crippen molar-refractivity contribution in [1.29, 1.82) is 0 Å². The van der Waals surface area contributed by atoms with E-state index in [-0.39, 0.29) is 0 Å². The predicted octanol–water partition coefficient (Wildman–Crippen LogP) is 3.94. The van der Waals surface area contributed by atoms with Crippen LogP contribution in [0.5, 0.6) is 0 Å². The van der Waals surface area contributed by atoms with Gasteiger partial charge in [-0.25, -0.2) is 0 Å². The third-order valence-electron chi connectivity index (χ3n) is 6.83. The quantitative estimate of drug-likeness (QED) is 0.844. The first-order chi connectivity index (χ1) is 9.81. The van der Waals surface area contributed by atoms with Crippen LogP contribution in [0.3, 0.4) is 0 Å². The van der Waals surface area contributed by atoms with Gasteiger partial charge in [-0.1, -0.05) is 39.0 Å². The van der Waals surface area contributed by atoms with Gasteiger partial charge in [0.15, 0.2) is 0 Å². The number of nitrogens with zero attached hydrogens (tertiary/aromatic N) is 1. The van der Waals surface area contributed by atoms with Crippen molar-refractivity contribution in [3.63, 3.8) is 0 Å². The Balaban J connectivity index is 1.82. The van der Waals surface area contributed by atoms with Crippen molar-refractivity contribution in [3.05, 3.63) is 0 Å². The Morgan fingerprint density at radius 1 is 1.00 bits per heavy atom. The summed E-state index contributed by atoms with van der Waals surface area (Å²) in [5.74, 6) is 1.84. The zero-order valence-corrected chi connectivity index (χ0v) is 13.4. The highest BCUT2D eigenvalue weighted by molar-refractivity contribution is 5.04. The van der Waals surface area contributed by atoms with Crippen LogP contribution >= 0.6 is 0 Å². The summed E-state index contributed by atoms with van der Waals surface area (Å²) in [5.41, 5.74) is 6.76. The van der Waals surface area contributed by atoms with E-state index in [1.54, 1.807) is 0 Å². The molecule has 0 aromatic carbocycles. The van der Waals surface area contributed by atoms with E-state index in [1.807, 2.05) is 0 Å². The van der Waals surface area contributed by atoms with Crippen molar-refractivity contribution < 1.29 is 0 Å². The lowest BCUT2D eigenvalue weighted by atomic mass is 9.69. The van der Waals surface area contributed by atoms with E-state index < -0.39 is 0 Å². The average molecular weight is 278 g/mol. The van der Waals surface area contributed by atoms with Crippen LogP contribution in [0.1, 0.15) is 77.6 Å². The third-order valence-corrected chi connectivity index (χ3v) is 6.83. The largest absolute Gasteiger partial charge is 0.329 e. The van der Waals surface area contributed by atoms with Crippen LogP contribution in [0.4, 0.5) is 0 Å². The van der Waals surface area contributed by atoms with Gasteiger partial charge < -0.3 is 5.73 Å². The lowest BCUT2D eigenvalue weighted by molar-refractivity contribution is -0.0197. The highest BCUT2D eigenvalue weighted by Gasteiger charge is 2.49. The van der Waals surface area contributed by atoms with Gasteiger partial charge in [-0.2, -0.15) is 0 Å². The van der Waals surface area contributed by atoms with Gasteiger partial charge in [0.1, 0.15) is 0 Å². The second-order valence-corrected chi connectivity index (χ2v) is 7.61. The van der Waals surface area contributed by atoms with E-state index in [0.717, 1.165) is 24.4 Å². The molecule has 20 heavy (non-hydrogen) atoms. The molecule has 3 fully saturated rings. The Morgan fingerprint density at radius 3 is 2.45 bits per heavy atom. The first-order valence-electron chi connectivity index (χ1n) is 9.28. The smallest absolute Gasteiger partial charge is 0.0362 e. The van der Waals surface area contributed by atoms with Crippen LogP contribution in [0.25, 0.3) is 0 Å². The molecule has 2 heteroatoms. The number of hydrogen-bond donors (Lipinski definition) is 1. The van der Waals surface area contributed by atoms with Crippen LogP contribution in [0.2, 0.25) is 0 Å². The molecule has 0 radical (unpaired) electrons. The summed E-state index contributed by atoms with van der Waals surface area (Å²) >= 11 is 0. The van der Waals surface area contributed by atoms with Gasteiger partial charge >= 0.3 is 0 Å². The number of nitrogens with two attached hydrogens (primary N) is 1. The normalized spacial score (nSPS) is 40.5. The van der Waals surface area contributed by atoms with Crippen molar-refractivity contribution in [3.8, 4) is 0 Å². The van der Waals surface area contributed by atoms with Crippen LogP contribution in [0, 0.1) is 11.8 Å². The Labute approximate surface area is 125 Å². The molecule has 0 aromatic heterocycles. The third kappa shape index (κ3) is 2.43. The fourth-order valence-electron chi connectivity index (χ4n) is 5.82. The lowest BCUT2D eigenvalue weighted by Gasteiger charge is -2.53. The fourth-order valence-corrected chi connectivity index (χ4v) is 5.82. The average Bonchev–Trinajstić information content (AvgIpc) is 3.17. The minimum Gasteiger partial charge on any atom is -0.329 e. The number of likely N-dealkylation sites (tertiary alicyclic amines) is 1. The van der Waals surface area contributed by atoms with Gasteiger partial charge in [0.2, 0.25) is 0 Å². The Bertz CT molecular complexity index is 311. The van der Waals surface area contributed by atoms with Gasteiger partial charge in [-0.3, -0.25) is 4.90 Å². The van der Waals surface area contributed by atoms with Gasteiger partial charge in [0, 0.05) is 18.1 Å². The molecule has 116 valence electrons. The fraction of sp³-hybridized carbons (Fsp3) is 1.00. The second kappa shape index (κ2) is 6.36. The van der Waals surface area contributed by atoms with E-state index in [4.69, 9.17) is 5.73 Å². The molecule has 2 N–H and O–H groups in total. The summed E-state index contributed by atoms with van der Waals surface area (Å²) in [4.78, 5) is 2.94. The minimum absolute atomic E-state index is 0.358. The minimum atomic E-state index is 0.358. The summed E-state index contributed by atoms with van der Waals surface area (Å²) in [5, 5.41) is 0. The van der Waals surface area contributed by atoms with Gasteiger partial charge in [-0.15, -0.1) is 0 Å². The van der Waals surface area contributed by atoms with Crippen LogP contribution in [0.15, 0.2) is 0 Å². The molecule has 0 bridgehead atoms. The molecule has 2 nitrogen and oxygen atoms in total. The lowest BCUT2D eigenvalue weighted by Crippen LogP contribution is -2.62. The number of hydrogen-bond acceptors (Lipinski definition) is 2. The van der Waals surface area contributed by atoms with Crippen LogP contribution < -0.4 is 5.73 Å². The van der Waals surface area contributed by atoms with Gasteiger partial charge in [0.25, 0.3) is 0 Å². The monoisotopic (exact) mass is 278 g/mol. The van der Waals surface area contributed by atoms with Crippen LogP contribution in [-0.2, 0) is 0 Å². The first-order valence-corrected chi connectivity index (χ1v) is 9.28. The molecule has 2 saturated carbocycles. The predicted molar refractivity (Wildman–Crippen MR) is 85.7 cm³/mol. The molecular weight excluding hydrogens is 244 g/mol. The van der Waals surface area contributed by atoms with Crippen molar-refractivity contribution in [1.82, 2.24) is 4.90 Å². The standard InChI is InChI=1S/C18H34N2/c1-2-16-10-5-6-12-18(16,14-19)20-13-7-11-17(20)15-8-3-4-9-15/h15-17H,2-14,19H2,1H3. The molecule has 0 spiro atoms. The van der Waals surface area contributed by atoms with Crippen molar-refractivity contribution in [2.45, 2.75) is 89.1 Å². The maximum absolute atomic E-state index is 6.40. The van der Waals surface area contributed by atoms with Gasteiger partial charge in [0.05, 0.1) is 0 Å². The van der Waals surface area contributed by atoms with E-state index in [1.165, 1.54) is 77.2 Å². The molecule has 1 saturated heterocycles. The highest BCUT2D eigenvalue weighted by atomic mass is 15.3. The van der Waals surface area contributed by atoms with E-state index in [9.17, 15) is 0 Å². The summed E-state index contributed by atoms with van der Waals surface area (Å²) in [7, 11) is 0. The molecule has 3 atom stereocenters. The van der Waals surface area contributed by atoms with E-state index in [0.29, 0.717) is 5.54 Å². The molecule has 1 aliphatic heterocycles. The Kier molecular flexibility index (Phi) is 4.72. The van der Waals surface area contributed by atoms with Crippen molar-refractivity contribution >= 4 is 0 Å². The zero-order valence-electron chi connectivity index (χ0n) is 13.4. The molecule has 2 aliphatic carbocycles. The summed E-state index contributed by atoms with van der Waals surface area (Å²) in [6.45, 7) is 4.62. The highest BCUT2D eigenvalue weighted by Crippen LogP contribution is 2.46. The molecule has 1 heterocycles. The summed E-state index contributed by atoms with van der Waals surface area (Å²) in [6.07, 6.45) is 15.7. The second-order valence-electron chi connectivity index (χ2n) is 7.61.